The van der Waals surface area contributed by atoms with Crippen LogP contribution in [-0.4, -0.2) is 53.3 Å². The van der Waals surface area contributed by atoms with Crippen LogP contribution in [0, 0.1) is 5.92 Å². The Kier molecular flexibility index (Phi) is 9.72. The summed E-state index contributed by atoms with van der Waals surface area (Å²) in [5.74, 6) is -1.66. The van der Waals surface area contributed by atoms with Gasteiger partial charge in [0, 0.05) is 11.1 Å². The molecule has 10 nitrogen and oxygen atoms in total. The summed E-state index contributed by atoms with van der Waals surface area (Å²) in [6.45, 7) is 8.39. The summed E-state index contributed by atoms with van der Waals surface area (Å²) in [6, 6.07) is 11.8. The highest BCUT2D eigenvalue weighted by Gasteiger charge is 2.26. The number of benzene rings is 2. The smallest absolute Gasteiger partial charge is 0.428 e. The number of Topliss-reactive ketones (excluding diaryl/α,β-unsaturated/α-hetero) is 1. The van der Waals surface area contributed by atoms with Gasteiger partial charge in [-0.3, -0.25) is 9.59 Å². The van der Waals surface area contributed by atoms with E-state index in [0.29, 0.717) is 22.4 Å². The number of aliphatic carboxylic acids is 1. The number of amides is 2. The van der Waals surface area contributed by atoms with Crippen LogP contribution in [0.4, 0.5) is 4.79 Å². The maximum atomic E-state index is 13.0. The van der Waals surface area contributed by atoms with Crippen molar-refractivity contribution in [1.82, 2.24) is 10.7 Å². The monoisotopic (exact) mass is 497 g/mol. The molecule has 3 N–H and O–H groups in total. The molecule has 0 bridgehead atoms. The second kappa shape index (κ2) is 12.5. The van der Waals surface area contributed by atoms with Crippen molar-refractivity contribution in [2.24, 2.45) is 11.0 Å². The number of ether oxygens (including phenoxy) is 2. The van der Waals surface area contributed by atoms with Crippen molar-refractivity contribution >= 4 is 30.0 Å². The molecule has 2 rings (SSSR count). The SMILES string of the molecule is CC(C)[C@H](NC(=O)c1ccc(C=NNC(=O)OC(C)(C)C)cc1)C(=O)c1ccc(OCC(=O)O)cc1. The zero-order valence-electron chi connectivity index (χ0n) is 20.9. The summed E-state index contributed by atoms with van der Waals surface area (Å²) >= 11 is 0. The van der Waals surface area contributed by atoms with Gasteiger partial charge in [-0.05, 0) is 68.7 Å². The number of carboxylic acids is 1. The summed E-state index contributed by atoms with van der Waals surface area (Å²) < 4.78 is 10.2. The van der Waals surface area contributed by atoms with Crippen LogP contribution in [0.5, 0.6) is 5.75 Å². The first-order chi connectivity index (χ1) is 16.9. The summed E-state index contributed by atoms with van der Waals surface area (Å²) in [5.41, 5.74) is 2.98. The Balaban J connectivity index is 2.00. The third-order valence-corrected chi connectivity index (χ3v) is 4.68. The number of carbonyl (C=O) groups is 4. The molecule has 36 heavy (non-hydrogen) atoms. The lowest BCUT2D eigenvalue weighted by atomic mass is 9.94. The predicted octanol–water partition coefficient (Wildman–Crippen LogP) is 3.65. The van der Waals surface area contributed by atoms with E-state index in [1.54, 1.807) is 45.0 Å². The van der Waals surface area contributed by atoms with Gasteiger partial charge in [0.15, 0.2) is 12.4 Å². The number of nitrogens with one attached hydrogen (secondary N) is 2. The molecule has 0 aliphatic heterocycles. The first-order valence-corrected chi connectivity index (χ1v) is 11.3. The van der Waals surface area contributed by atoms with E-state index in [1.807, 2.05) is 13.8 Å². The highest BCUT2D eigenvalue weighted by molar-refractivity contribution is 6.04. The fraction of sp³-hybridized carbons (Fsp3) is 0.346. The molecule has 0 fully saturated rings. The molecule has 0 aliphatic rings. The Hall–Kier alpha value is -4.21. The third kappa shape index (κ3) is 9.21. The van der Waals surface area contributed by atoms with E-state index in [0.717, 1.165) is 0 Å². The van der Waals surface area contributed by atoms with Crippen LogP contribution in [0.15, 0.2) is 53.6 Å². The highest BCUT2D eigenvalue weighted by Crippen LogP contribution is 2.17. The second-order valence-corrected chi connectivity index (χ2v) is 9.26. The number of hydrogen-bond donors (Lipinski definition) is 3. The maximum Gasteiger partial charge on any atom is 0.428 e. The molecule has 0 saturated carbocycles. The van der Waals surface area contributed by atoms with Crippen LogP contribution < -0.4 is 15.5 Å². The van der Waals surface area contributed by atoms with Crippen LogP contribution in [0.1, 0.15) is 60.9 Å². The minimum absolute atomic E-state index is 0.185. The Morgan fingerprint density at radius 1 is 0.972 bits per heavy atom. The third-order valence-electron chi connectivity index (χ3n) is 4.68. The number of carbonyl (C=O) groups excluding carboxylic acids is 3. The number of hydrogen-bond acceptors (Lipinski definition) is 7. The Bertz CT molecular complexity index is 1100. The zero-order chi connectivity index (χ0) is 26.9. The molecule has 2 aromatic carbocycles. The second-order valence-electron chi connectivity index (χ2n) is 9.26. The Labute approximate surface area is 209 Å². The van der Waals surface area contributed by atoms with Crippen molar-refractivity contribution in [3.05, 3.63) is 65.2 Å². The van der Waals surface area contributed by atoms with Gasteiger partial charge in [0.2, 0.25) is 0 Å². The van der Waals surface area contributed by atoms with E-state index in [-0.39, 0.29) is 11.7 Å². The molecule has 1 atom stereocenters. The number of carboxylic acid groups (broad SMARTS) is 1. The summed E-state index contributed by atoms with van der Waals surface area (Å²) in [4.78, 5) is 48.1. The van der Waals surface area contributed by atoms with Gasteiger partial charge in [0.05, 0.1) is 12.3 Å². The van der Waals surface area contributed by atoms with Crippen LogP contribution >= 0.6 is 0 Å². The van der Waals surface area contributed by atoms with E-state index in [9.17, 15) is 19.2 Å². The van der Waals surface area contributed by atoms with Crippen LogP contribution in [0.25, 0.3) is 0 Å². The van der Waals surface area contributed by atoms with Crippen LogP contribution in [0.2, 0.25) is 0 Å². The molecule has 2 aromatic rings. The van der Waals surface area contributed by atoms with E-state index >= 15 is 0 Å². The Morgan fingerprint density at radius 2 is 1.56 bits per heavy atom. The number of rotatable bonds is 10. The summed E-state index contributed by atoms with van der Waals surface area (Å²) in [6.07, 6.45) is 0.733. The molecule has 0 spiro atoms. The van der Waals surface area contributed by atoms with Crippen molar-refractivity contribution in [2.75, 3.05) is 6.61 Å². The van der Waals surface area contributed by atoms with E-state index < -0.39 is 36.2 Å². The van der Waals surface area contributed by atoms with Crippen molar-refractivity contribution in [2.45, 2.75) is 46.3 Å². The lowest BCUT2D eigenvalue weighted by Gasteiger charge is -2.21. The molecule has 2 amide bonds. The van der Waals surface area contributed by atoms with Crippen molar-refractivity contribution in [1.29, 1.82) is 0 Å². The topological polar surface area (TPSA) is 143 Å². The molecule has 0 radical (unpaired) electrons. The number of nitrogens with zero attached hydrogens (tertiary/aromatic N) is 1. The summed E-state index contributed by atoms with van der Waals surface area (Å²) in [5, 5.41) is 15.3. The van der Waals surface area contributed by atoms with Gasteiger partial charge in [-0.1, -0.05) is 26.0 Å². The molecule has 0 aromatic heterocycles. The normalized spacial score (nSPS) is 12.2. The average molecular weight is 498 g/mol. The van der Waals surface area contributed by atoms with Gasteiger partial charge in [0.25, 0.3) is 5.91 Å². The fourth-order valence-electron chi connectivity index (χ4n) is 2.98. The van der Waals surface area contributed by atoms with Gasteiger partial charge in [-0.15, -0.1) is 0 Å². The first-order valence-electron chi connectivity index (χ1n) is 11.3. The quantitative estimate of drug-likeness (QED) is 0.258. The number of ketones is 1. The average Bonchev–Trinajstić information content (AvgIpc) is 2.80. The lowest BCUT2D eigenvalue weighted by molar-refractivity contribution is -0.139. The fourth-order valence-corrected chi connectivity index (χ4v) is 2.98. The standard InChI is InChI=1S/C26H31N3O7/c1-16(2)22(23(32)18-10-12-20(13-11-18)35-15-21(30)31)28-24(33)19-8-6-17(7-9-19)14-27-29-25(34)36-26(3,4)5/h6-14,16,22H,15H2,1-5H3,(H,28,33)(H,29,34)(H,30,31)/t22-/m0/s1. The molecule has 0 heterocycles. The molecule has 0 aliphatic carbocycles. The zero-order valence-corrected chi connectivity index (χ0v) is 20.9. The molecule has 0 saturated heterocycles. The molecular formula is C26H31N3O7. The van der Waals surface area contributed by atoms with Gasteiger partial charge in [-0.25, -0.2) is 15.0 Å². The van der Waals surface area contributed by atoms with Crippen LogP contribution in [0.3, 0.4) is 0 Å². The predicted molar refractivity (Wildman–Crippen MR) is 133 cm³/mol. The van der Waals surface area contributed by atoms with Crippen molar-refractivity contribution in [3.8, 4) is 5.75 Å². The first kappa shape index (κ1) is 28.0. The highest BCUT2D eigenvalue weighted by atomic mass is 16.6. The van der Waals surface area contributed by atoms with Gasteiger partial charge >= 0.3 is 12.1 Å². The molecule has 0 unspecified atom stereocenters. The van der Waals surface area contributed by atoms with Crippen LogP contribution in [-0.2, 0) is 9.53 Å². The minimum atomic E-state index is -1.10. The van der Waals surface area contributed by atoms with Crippen molar-refractivity contribution in [3.63, 3.8) is 0 Å². The van der Waals surface area contributed by atoms with E-state index in [4.69, 9.17) is 14.6 Å². The maximum absolute atomic E-state index is 13.0. The minimum Gasteiger partial charge on any atom is -0.482 e. The largest absolute Gasteiger partial charge is 0.482 e. The molecule has 192 valence electrons. The van der Waals surface area contributed by atoms with Gasteiger partial charge in [-0.2, -0.15) is 5.10 Å². The summed E-state index contributed by atoms with van der Waals surface area (Å²) in [7, 11) is 0. The molecule has 10 heteroatoms. The van der Waals surface area contributed by atoms with Gasteiger partial charge in [0.1, 0.15) is 11.4 Å². The van der Waals surface area contributed by atoms with E-state index in [1.165, 1.54) is 30.5 Å². The van der Waals surface area contributed by atoms with Gasteiger partial charge < -0.3 is 19.9 Å². The van der Waals surface area contributed by atoms with Crippen molar-refractivity contribution < 1.29 is 33.8 Å². The Morgan fingerprint density at radius 3 is 2.08 bits per heavy atom. The molecular weight excluding hydrogens is 466 g/mol. The van der Waals surface area contributed by atoms with E-state index in [2.05, 4.69) is 15.8 Å². The number of hydrazone groups is 1. The lowest BCUT2D eigenvalue weighted by Crippen LogP contribution is -2.44.